The molecule has 2 aromatic rings. The molecule has 23 heavy (non-hydrogen) atoms. The van der Waals surface area contributed by atoms with Crippen LogP contribution in [0.15, 0.2) is 40.9 Å². The maximum Gasteiger partial charge on any atom is 0.323 e. The van der Waals surface area contributed by atoms with E-state index in [4.69, 9.17) is 10.3 Å². The number of benzene rings is 1. The van der Waals surface area contributed by atoms with Gasteiger partial charge < -0.3 is 15.2 Å². The molecule has 1 aliphatic rings. The Morgan fingerprint density at radius 1 is 1.22 bits per heavy atom. The van der Waals surface area contributed by atoms with Gasteiger partial charge in [0, 0.05) is 50.9 Å². The van der Waals surface area contributed by atoms with Crippen LogP contribution in [-0.4, -0.2) is 60.3 Å². The molecule has 1 saturated heterocycles. The van der Waals surface area contributed by atoms with Crippen LogP contribution in [0.2, 0.25) is 0 Å². The quantitative estimate of drug-likeness (QED) is 0.891. The summed E-state index contributed by atoms with van der Waals surface area (Å²) in [6.45, 7) is 4.59. The molecule has 1 fully saturated rings. The number of anilines is 1. The number of amides is 2. The van der Waals surface area contributed by atoms with Crippen LogP contribution in [0.1, 0.15) is 0 Å². The SMILES string of the molecule is NCCN1CCN(C(=O)Nc2cc(-c3ccccc3)on2)CC1. The van der Waals surface area contributed by atoms with Crippen molar-refractivity contribution in [2.45, 2.75) is 0 Å². The Bertz CT molecular complexity index is 635. The van der Waals surface area contributed by atoms with Gasteiger partial charge in [-0.05, 0) is 0 Å². The van der Waals surface area contributed by atoms with Crippen molar-refractivity contribution >= 4 is 11.8 Å². The van der Waals surface area contributed by atoms with Crippen LogP contribution in [0.4, 0.5) is 10.6 Å². The van der Waals surface area contributed by atoms with Gasteiger partial charge in [0.15, 0.2) is 11.6 Å². The standard InChI is InChI=1S/C16H21N5O2/c17-6-7-20-8-10-21(11-9-20)16(22)18-15-12-14(23-19-15)13-4-2-1-3-5-13/h1-5,12H,6-11,17H2,(H,18,19,22). The van der Waals surface area contributed by atoms with E-state index < -0.39 is 0 Å². The van der Waals surface area contributed by atoms with Gasteiger partial charge in [0.2, 0.25) is 0 Å². The first kappa shape index (κ1) is 15.5. The molecule has 0 atom stereocenters. The van der Waals surface area contributed by atoms with E-state index in [2.05, 4.69) is 15.4 Å². The number of nitrogens with two attached hydrogens (primary N) is 1. The van der Waals surface area contributed by atoms with Crippen molar-refractivity contribution in [3.63, 3.8) is 0 Å². The van der Waals surface area contributed by atoms with E-state index in [1.54, 1.807) is 11.0 Å². The van der Waals surface area contributed by atoms with Crippen molar-refractivity contribution in [2.24, 2.45) is 5.73 Å². The summed E-state index contributed by atoms with van der Waals surface area (Å²) in [6, 6.07) is 11.2. The molecule has 2 heterocycles. The number of aromatic nitrogens is 1. The minimum absolute atomic E-state index is 0.148. The monoisotopic (exact) mass is 315 g/mol. The van der Waals surface area contributed by atoms with E-state index in [1.165, 1.54) is 0 Å². The van der Waals surface area contributed by atoms with Gasteiger partial charge in [0.25, 0.3) is 0 Å². The number of urea groups is 1. The van der Waals surface area contributed by atoms with Crippen LogP contribution in [-0.2, 0) is 0 Å². The molecule has 0 spiro atoms. The number of hydrogen-bond donors (Lipinski definition) is 2. The van der Waals surface area contributed by atoms with Crippen LogP contribution < -0.4 is 11.1 Å². The van der Waals surface area contributed by atoms with Gasteiger partial charge >= 0.3 is 6.03 Å². The molecule has 1 aromatic carbocycles. The highest BCUT2D eigenvalue weighted by atomic mass is 16.5. The summed E-state index contributed by atoms with van der Waals surface area (Å²) < 4.78 is 5.28. The molecule has 1 aliphatic heterocycles. The molecule has 0 unspecified atom stereocenters. The Labute approximate surface area is 135 Å². The number of hydrogen-bond acceptors (Lipinski definition) is 5. The molecule has 0 radical (unpaired) electrons. The average Bonchev–Trinajstić information content (AvgIpc) is 3.05. The minimum atomic E-state index is -0.148. The van der Waals surface area contributed by atoms with E-state index in [9.17, 15) is 4.79 Å². The predicted molar refractivity (Wildman–Crippen MR) is 88.0 cm³/mol. The second-order valence-corrected chi connectivity index (χ2v) is 5.49. The average molecular weight is 315 g/mol. The van der Waals surface area contributed by atoms with E-state index >= 15 is 0 Å². The molecule has 3 rings (SSSR count). The highest BCUT2D eigenvalue weighted by Crippen LogP contribution is 2.22. The van der Waals surface area contributed by atoms with E-state index in [1.807, 2.05) is 30.3 Å². The number of nitrogens with one attached hydrogen (secondary N) is 1. The van der Waals surface area contributed by atoms with Crippen molar-refractivity contribution < 1.29 is 9.32 Å². The summed E-state index contributed by atoms with van der Waals surface area (Å²) in [7, 11) is 0. The molecule has 1 aromatic heterocycles. The largest absolute Gasteiger partial charge is 0.354 e. The van der Waals surface area contributed by atoms with Gasteiger partial charge in [0.1, 0.15) is 0 Å². The van der Waals surface area contributed by atoms with E-state index in [0.29, 0.717) is 31.2 Å². The van der Waals surface area contributed by atoms with Gasteiger partial charge in [-0.15, -0.1) is 0 Å². The van der Waals surface area contributed by atoms with Crippen LogP contribution in [0.3, 0.4) is 0 Å². The van der Waals surface area contributed by atoms with Gasteiger partial charge in [-0.25, -0.2) is 4.79 Å². The van der Waals surface area contributed by atoms with Crippen molar-refractivity contribution in [3.8, 4) is 11.3 Å². The molecule has 0 bridgehead atoms. The summed E-state index contributed by atoms with van der Waals surface area (Å²) in [4.78, 5) is 16.3. The lowest BCUT2D eigenvalue weighted by molar-refractivity contribution is 0.149. The third-order valence-electron chi connectivity index (χ3n) is 3.91. The zero-order valence-electron chi connectivity index (χ0n) is 12.9. The Hall–Kier alpha value is -2.38. The van der Waals surface area contributed by atoms with Gasteiger partial charge in [-0.3, -0.25) is 10.2 Å². The molecular weight excluding hydrogens is 294 g/mol. The van der Waals surface area contributed by atoms with Gasteiger partial charge in [-0.2, -0.15) is 0 Å². The normalized spacial score (nSPS) is 15.6. The Morgan fingerprint density at radius 3 is 2.65 bits per heavy atom. The highest BCUT2D eigenvalue weighted by Gasteiger charge is 2.21. The fraction of sp³-hybridized carbons (Fsp3) is 0.375. The first-order chi connectivity index (χ1) is 11.3. The van der Waals surface area contributed by atoms with Gasteiger partial charge in [0.05, 0.1) is 0 Å². The van der Waals surface area contributed by atoms with E-state index in [0.717, 1.165) is 25.2 Å². The van der Waals surface area contributed by atoms with Crippen LogP contribution in [0.5, 0.6) is 0 Å². The summed E-state index contributed by atoms with van der Waals surface area (Å²) in [5.41, 5.74) is 6.48. The molecule has 7 nitrogen and oxygen atoms in total. The second-order valence-electron chi connectivity index (χ2n) is 5.49. The lowest BCUT2D eigenvalue weighted by Gasteiger charge is -2.34. The topological polar surface area (TPSA) is 87.6 Å². The predicted octanol–water partition coefficient (Wildman–Crippen LogP) is 1.45. The van der Waals surface area contributed by atoms with Gasteiger partial charge in [-0.1, -0.05) is 35.5 Å². The van der Waals surface area contributed by atoms with E-state index in [-0.39, 0.29) is 6.03 Å². The van der Waals surface area contributed by atoms with Crippen LogP contribution >= 0.6 is 0 Å². The molecule has 0 aliphatic carbocycles. The fourth-order valence-electron chi connectivity index (χ4n) is 2.62. The minimum Gasteiger partial charge on any atom is -0.354 e. The summed E-state index contributed by atoms with van der Waals surface area (Å²) in [5.74, 6) is 1.06. The molecular formula is C16H21N5O2. The summed E-state index contributed by atoms with van der Waals surface area (Å²) >= 11 is 0. The number of nitrogens with zero attached hydrogens (tertiary/aromatic N) is 3. The first-order valence-electron chi connectivity index (χ1n) is 7.77. The number of rotatable bonds is 4. The van der Waals surface area contributed by atoms with Crippen molar-refractivity contribution in [1.29, 1.82) is 0 Å². The summed E-state index contributed by atoms with van der Waals surface area (Å²) in [5, 5.41) is 6.70. The number of carbonyl (C=O) groups excluding carboxylic acids is 1. The Balaban J connectivity index is 1.56. The first-order valence-corrected chi connectivity index (χ1v) is 7.77. The molecule has 0 saturated carbocycles. The third-order valence-corrected chi connectivity index (χ3v) is 3.91. The number of piperazine rings is 1. The third kappa shape index (κ3) is 3.88. The Morgan fingerprint density at radius 2 is 1.96 bits per heavy atom. The van der Waals surface area contributed by atoms with Crippen LogP contribution in [0, 0.1) is 0 Å². The second kappa shape index (κ2) is 7.26. The maximum atomic E-state index is 12.3. The lowest BCUT2D eigenvalue weighted by atomic mass is 10.2. The highest BCUT2D eigenvalue weighted by molar-refractivity contribution is 5.88. The zero-order valence-corrected chi connectivity index (χ0v) is 12.9. The zero-order chi connectivity index (χ0) is 16.1. The molecule has 3 N–H and O–H groups in total. The summed E-state index contributed by atoms with van der Waals surface area (Å²) in [6.07, 6.45) is 0. The Kier molecular flexibility index (Phi) is 4.89. The van der Waals surface area contributed by atoms with Crippen molar-refractivity contribution in [2.75, 3.05) is 44.6 Å². The van der Waals surface area contributed by atoms with Crippen molar-refractivity contribution in [1.82, 2.24) is 15.0 Å². The lowest BCUT2D eigenvalue weighted by Crippen LogP contribution is -2.50. The number of carbonyl (C=O) groups is 1. The molecule has 2 amide bonds. The molecule has 7 heteroatoms. The fourth-order valence-corrected chi connectivity index (χ4v) is 2.62. The van der Waals surface area contributed by atoms with Crippen LogP contribution in [0.25, 0.3) is 11.3 Å². The molecule has 122 valence electrons. The smallest absolute Gasteiger partial charge is 0.323 e. The maximum absolute atomic E-state index is 12.3. The van der Waals surface area contributed by atoms with Crippen molar-refractivity contribution in [3.05, 3.63) is 36.4 Å².